The Morgan fingerprint density at radius 3 is 2.13 bits per heavy atom. The Labute approximate surface area is 276 Å². The number of aliphatic hydroxyl groups excluding tert-OH is 1. The van der Waals surface area contributed by atoms with E-state index in [1.165, 1.54) is 20.8 Å². The molecular weight excluding hydrogens is 604 g/mol. The summed E-state index contributed by atoms with van der Waals surface area (Å²) >= 11 is 0. The van der Waals surface area contributed by atoms with E-state index in [1.807, 2.05) is 51.1 Å². The number of rotatable bonds is 8. The van der Waals surface area contributed by atoms with E-state index in [1.54, 1.807) is 19.9 Å². The topological polar surface area (TPSA) is 157 Å². The van der Waals surface area contributed by atoms with E-state index in [0.717, 1.165) is 5.56 Å². The molecule has 10 nitrogen and oxygen atoms in total. The van der Waals surface area contributed by atoms with Gasteiger partial charge >= 0.3 is 17.9 Å². The van der Waals surface area contributed by atoms with Gasteiger partial charge in [0.1, 0.15) is 24.4 Å². The van der Waals surface area contributed by atoms with Crippen LogP contribution in [0.2, 0.25) is 0 Å². The van der Waals surface area contributed by atoms with Crippen LogP contribution < -0.4 is 0 Å². The van der Waals surface area contributed by atoms with Crippen molar-refractivity contribution >= 4 is 23.7 Å². The van der Waals surface area contributed by atoms with Gasteiger partial charge in [-0.15, -0.1) is 0 Å². The summed E-state index contributed by atoms with van der Waals surface area (Å²) in [6.45, 7) is 16.4. The van der Waals surface area contributed by atoms with E-state index >= 15 is 0 Å². The van der Waals surface area contributed by atoms with E-state index in [4.69, 9.17) is 14.2 Å². The van der Waals surface area contributed by atoms with E-state index in [2.05, 4.69) is 6.58 Å². The smallest absolute Gasteiger partial charge is 0.303 e. The molecule has 0 radical (unpaired) electrons. The summed E-state index contributed by atoms with van der Waals surface area (Å²) in [4.78, 5) is 52.0. The summed E-state index contributed by atoms with van der Waals surface area (Å²) < 4.78 is 17.4. The molecule has 47 heavy (non-hydrogen) atoms. The van der Waals surface area contributed by atoms with Crippen molar-refractivity contribution in [3.8, 4) is 0 Å². The van der Waals surface area contributed by atoms with Gasteiger partial charge in [-0.3, -0.25) is 19.2 Å². The van der Waals surface area contributed by atoms with Crippen LogP contribution in [0.1, 0.15) is 73.8 Å². The lowest BCUT2D eigenvalue weighted by Gasteiger charge is -2.63. The highest BCUT2D eigenvalue weighted by molar-refractivity contribution is 6.05. The molecule has 0 amide bonds. The van der Waals surface area contributed by atoms with Crippen molar-refractivity contribution in [3.63, 3.8) is 0 Å². The highest BCUT2D eigenvalue weighted by atomic mass is 16.6. The Kier molecular flexibility index (Phi) is 8.47. The van der Waals surface area contributed by atoms with Crippen LogP contribution in [0.3, 0.4) is 0 Å². The molecule has 3 N–H and O–H groups in total. The van der Waals surface area contributed by atoms with Crippen molar-refractivity contribution in [3.05, 3.63) is 59.7 Å². The van der Waals surface area contributed by atoms with Crippen molar-refractivity contribution in [1.82, 2.24) is 0 Å². The second-order valence-electron chi connectivity index (χ2n) is 15.2. The zero-order valence-electron chi connectivity index (χ0n) is 28.5. The maximum absolute atomic E-state index is 14.4. The number of carbonyl (C=O) groups excluding carboxylic acids is 4. The van der Waals surface area contributed by atoms with Gasteiger partial charge in [0.15, 0.2) is 11.4 Å². The lowest BCUT2D eigenvalue weighted by Crippen LogP contribution is -2.73. The van der Waals surface area contributed by atoms with Gasteiger partial charge in [-0.2, -0.15) is 0 Å². The summed E-state index contributed by atoms with van der Waals surface area (Å²) in [6, 6.07) is 9.71. The molecule has 0 saturated heterocycles. The summed E-state index contributed by atoms with van der Waals surface area (Å²) in [5.74, 6) is -6.00. The zero-order valence-corrected chi connectivity index (χ0v) is 28.5. The van der Waals surface area contributed by atoms with Crippen LogP contribution in [0, 0.1) is 34.5 Å². The third kappa shape index (κ3) is 4.93. The Morgan fingerprint density at radius 2 is 1.60 bits per heavy atom. The van der Waals surface area contributed by atoms with Crippen molar-refractivity contribution in [2.45, 2.75) is 103 Å². The molecule has 1 aromatic rings. The maximum Gasteiger partial charge on any atom is 0.303 e. The third-order valence-corrected chi connectivity index (χ3v) is 12.0. The number of hydrogen-bond acceptors (Lipinski definition) is 10. The fraction of sp³-hybridized carbons (Fsp3) is 0.622. The van der Waals surface area contributed by atoms with E-state index in [-0.39, 0.29) is 30.6 Å². The van der Waals surface area contributed by atoms with Crippen LogP contribution in [0.4, 0.5) is 0 Å². The minimum absolute atomic E-state index is 0.176. The molecule has 5 rings (SSSR count). The monoisotopic (exact) mass is 652 g/mol. The first-order valence-corrected chi connectivity index (χ1v) is 16.3. The van der Waals surface area contributed by atoms with Crippen LogP contribution in [-0.2, 0) is 38.8 Å². The minimum Gasteiger partial charge on any atom is -0.465 e. The highest BCUT2D eigenvalue weighted by Crippen LogP contribution is 2.77. The summed E-state index contributed by atoms with van der Waals surface area (Å²) in [5.41, 5.74) is -6.26. The number of ether oxygens (including phenoxy) is 3. The number of hydrogen-bond donors (Lipinski definition) is 3. The normalized spacial score (nSPS) is 40.5. The average Bonchev–Trinajstić information content (AvgIpc) is 3.66. The van der Waals surface area contributed by atoms with Gasteiger partial charge in [0, 0.05) is 38.0 Å². The van der Waals surface area contributed by atoms with Crippen LogP contribution in [-0.4, -0.2) is 75.1 Å². The Hall–Kier alpha value is -3.34. The fourth-order valence-electron chi connectivity index (χ4n) is 9.98. The second-order valence-corrected chi connectivity index (χ2v) is 15.2. The van der Waals surface area contributed by atoms with Gasteiger partial charge in [0.05, 0.1) is 6.10 Å². The lowest BCUT2D eigenvalue weighted by atomic mass is 9.43. The molecule has 11 atom stereocenters. The molecule has 4 aliphatic carbocycles. The number of benzene rings is 1. The van der Waals surface area contributed by atoms with E-state index < -0.39 is 93.1 Å². The number of carbonyl (C=O) groups is 4. The molecule has 10 heteroatoms. The summed E-state index contributed by atoms with van der Waals surface area (Å²) in [5, 5.41) is 38.2. The molecule has 0 aromatic heterocycles. The average molecular weight is 653 g/mol. The second kappa shape index (κ2) is 11.4. The number of esters is 3. The van der Waals surface area contributed by atoms with E-state index in [9.17, 15) is 34.5 Å². The van der Waals surface area contributed by atoms with Crippen LogP contribution >= 0.6 is 0 Å². The highest BCUT2D eigenvalue weighted by Gasteiger charge is 2.84. The van der Waals surface area contributed by atoms with Crippen molar-refractivity contribution in [1.29, 1.82) is 0 Å². The van der Waals surface area contributed by atoms with Crippen LogP contribution in [0.25, 0.3) is 0 Å². The number of ketones is 1. The minimum atomic E-state index is -2.33. The maximum atomic E-state index is 14.4. The first-order chi connectivity index (χ1) is 21.7. The molecule has 1 aromatic carbocycles. The molecular formula is C37H48O10. The van der Waals surface area contributed by atoms with Gasteiger partial charge in [-0.25, -0.2) is 0 Å². The molecule has 0 heterocycles. The lowest BCUT2D eigenvalue weighted by molar-refractivity contribution is -0.264. The zero-order chi connectivity index (χ0) is 35.1. The van der Waals surface area contributed by atoms with Gasteiger partial charge in [0.25, 0.3) is 0 Å². The van der Waals surface area contributed by atoms with Gasteiger partial charge in [-0.1, -0.05) is 63.8 Å². The SMILES string of the molecule is C=C(C)[C@@]1(O)[C@H](O)[C@@H]2[C@@H]3C[C@]3(COC(C)=O)[C@@H](OC(C)=O)[C@]3(O)C(=O)C(C)=C[C@H]3[C@@]2(CC(C)(C)c2ccccc2)[C@H](C)[C@H]1OC(C)=O. The quantitative estimate of drug-likeness (QED) is 0.215. The first-order valence-electron chi connectivity index (χ1n) is 16.3. The molecule has 3 saturated carbocycles. The number of aliphatic hydroxyl groups is 3. The van der Waals surface area contributed by atoms with Crippen LogP contribution in [0.15, 0.2) is 54.1 Å². The largest absolute Gasteiger partial charge is 0.465 e. The third-order valence-electron chi connectivity index (χ3n) is 12.0. The van der Waals surface area contributed by atoms with Crippen LogP contribution in [0.5, 0.6) is 0 Å². The van der Waals surface area contributed by atoms with Gasteiger partial charge < -0.3 is 29.5 Å². The van der Waals surface area contributed by atoms with Crippen molar-refractivity contribution in [2.24, 2.45) is 34.5 Å². The molecule has 0 spiro atoms. The molecule has 3 fully saturated rings. The standard InChI is InChI=1S/C37H48O10/c1-19(2)36(43)30(42)28-26-16-34(26,18-45-22(5)38)32(47-24(7)40)37(44)27(15-20(3)29(37)41)35(28,21(4)31(36)46-23(6)39)17-33(8,9)25-13-11-10-12-14-25/h10-15,21,26-28,30-32,42-44H,1,16-18H2,2-9H3/t21-,26+,27+,28+,30-,31-,32-,34-,35-,36-,37-/m1/s1. The Bertz CT molecular complexity index is 1530. The fourth-order valence-corrected chi connectivity index (χ4v) is 9.98. The predicted molar refractivity (Wildman–Crippen MR) is 170 cm³/mol. The number of fused-ring (bicyclic) bond motifs is 5. The summed E-state index contributed by atoms with van der Waals surface area (Å²) in [7, 11) is 0. The van der Waals surface area contributed by atoms with E-state index in [0.29, 0.717) is 0 Å². The van der Waals surface area contributed by atoms with Gasteiger partial charge in [-0.05, 0) is 66.1 Å². The predicted octanol–water partition coefficient (Wildman–Crippen LogP) is 3.60. The Morgan fingerprint density at radius 1 is 1.00 bits per heavy atom. The molecule has 0 aliphatic heterocycles. The molecule has 0 unspecified atom stereocenters. The van der Waals surface area contributed by atoms with Crippen molar-refractivity contribution < 1.29 is 48.7 Å². The van der Waals surface area contributed by atoms with Gasteiger partial charge in [0.2, 0.25) is 0 Å². The molecule has 0 bridgehead atoms. The molecule has 4 aliphatic rings. The molecule has 256 valence electrons. The summed E-state index contributed by atoms with van der Waals surface area (Å²) in [6.07, 6.45) is -2.22. The number of Topliss-reactive ketones (excluding diaryl/α,β-unsaturated/α-hetero) is 1. The first kappa shape index (κ1) is 35.0. The Balaban J connectivity index is 1.89. The van der Waals surface area contributed by atoms with Crippen molar-refractivity contribution in [2.75, 3.05) is 6.61 Å².